The zero-order valence-electron chi connectivity index (χ0n) is 14.8. The molecule has 0 N–H and O–H groups in total. The number of hydrogen-bond acceptors (Lipinski definition) is 3. The van der Waals surface area contributed by atoms with Crippen molar-refractivity contribution in [2.75, 3.05) is 17.2 Å². The molecule has 26 heavy (non-hydrogen) atoms. The third-order valence-corrected chi connectivity index (χ3v) is 6.48. The second kappa shape index (κ2) is 8.45. The molecule has 0 spiro atoms. The average Bonchev–Trinajstić information content (AvgIpc) is 3.00. The third kappa shape index (κ3) is 4.07. The fourth-order valence-electron chi connectivity index (χ4n) is 3.68. The third-order valence-electron chi connectivity index (χ3n) is 4.95. The summed E-state index contributed by atoms with van der Waals surface area (Å²) in [6, 6.07) is 19.2. The van der Waals surface area contributed by atoms with Crippen LogP contribution in [0, 0.1) is 0 Å². The Labute approximate surface area is 168 Å². The summed E-state index contributed by atoms with van der Waals surface area (Å²) in [5, 5.41) is 1.22. The highest BCUT2D eigenvalue weighted by atomic mass is 79.9. The van der Waals surface area contributed by atoms with Gasteiger partial charge in [-0.25, -0.2) is 4.99 Å². The summed E-state index contributed by atoms with van der Waals surface area (Å²) >= 11 is 5.43. The van der Waals surface area contributed by atoms with Crippen molar-refractivity contribution in [3.05, 3.63) is 70.3 Å². The minimum atomic E-state index is 1.04. The first-order chi connectivity index (χ1) is 12.8. The molecule has 2 aliphatic rings. The van der Waals surface area contributed by atoms with Gasteiger partial charge in [-0.3, -0.25) is 0 Å². The standard InChI is InChI=1S/C22H23BrN2S/c23-17-11-13-18(14-12-17)24-22-20-9-5-2-6-10-21(20)25(15-16-26-22)19-7-3-1-4-8-19/h1,3-4,7-8,11-14H,2,5-6,9-10,15-16H2. The van der Waals surface area contributed by atoms with Crippen molar-refractivity contribution < 1.29 is 0 Å². The van der Waals surface area contributed by atoms with Gasteiger partial charge in [0.2, 0.25) is 0 Å². The number of hydrogen-bond donors (Lipinski definition) is 0. The molecule has 0 fully saturated rings. The van der Waals surface area contributed by atoms with E-state index in [1.54, 1.807) is 0 Å². The minimum Gasteiger partial charge on any atom is -0.344 e. The number of thioether (sulfide) groups is 1. The highest BCUT2D eigenvalue weighted by Crippen LogP contribution is 2.36. The average molecular weight is 427 g/mol. The smallest absolute Gasteiger partial charge is 0.102 e. The van der Waals surface area contributed by atoms with Crippen LogP contribution in [0.1, 0.15) is 32.1 Å². The lowest BCUT2D eigenvalue weighted by molar-refractivity contribution is 0.701. The van der Waals surface area contributed by atoms with E-state index in [1.165, 1.54) is 41.3 Å². The summed E-state index contributed by atoms with van der Waals surface area (Å²) in [5.41, 5.74) is 5.32. The van der Waals surface area contributed by atoms with Gasteiger partial charge in [0.05, 0.1) is 5.69 Å². The van der Waals surface area contributed by atoms with Crippen LogP contribution >= 0.6 is 27.7 Å². The highest BCUT2D eigenvalue weighted by molar-refractivity contribution is 9.10. The summed E-state index contributed by atoms with van der Waals surface area (Å²) < 4.78 is 1.10. The topological polar surface area (TPSA) is 15.6 Å². The maximum atomic E-state index is 5.05. The van der Waals surface area contributed by atoms with Crippen LogP contribution in [0.3, 0.4) is 0 Å². The monoisotopic (exact) mass is 426 g/mol. The van der Waals surface area contributed by atoms with E-state index in [-0.39, 0.29) is 0 Å². The van der Waals surface area contributed by atoms with Gasteiger partial charge < -0.3 is 4.90 Å². The van der Waals surface area contributed by atoms with Crippen molar-refractivity contribution in [2.24, 2.45) is 4.99 Å². The van der Waals surface area contributed by atoms with Gasteiger partial charge in [0.15, 0.2) is 0 Å². The van der Waals surface area contributed by atoms with Gasteiger partial charge in [0, 0.05) is 33.7 Å². The molecule has 2 aromatic carbocycles. The van der Waals surface area contributed by atoms with Crippen molar-refractivity contribution in [1.29, 1.82) is 0 Å². The lowest BCUT2D eigenvalue weighted by Gasteiger charge is -2.27. The zero-order chi connectivity index (χ0) is 17.8. The Bertz CT molecular complexity index is 812. The molecular formula is C22H23BrN2S. The number of aliphatic imine (C=N–C) groups is 1. The second-order valence-corrected chi connectivity index (χ2v) is 8.71. The van der Waals surface area contributed by atoms with Crippen molar-refractivity contribution >= 4 is 44.1 Å². The number of nitrogens with zero attached hydrogens (tertiary/aromatic N) is 2. The van der Waals surface area contributed by atoms with E-state index < -0.39 is 0 Å². The van der Waals surface area contributed by atoms with Crippen molar-refractivity contribution in [3.8, 4) is 0 Å². The molecule has 2 aromatic rings. The maximum Gasteiger partial charge on any atom is 0.102 e. The van der Waals surface area contributed by atoms with E-state index in [9.17, 15) is 0 Å². The summed E-state index contributed by atoms with van der Waals surface area (Å²) in [5.74, 6) is 1.07. The summed E-state index contributed by atoms with van der Waals surface area (Å²) in [6.45, 7) is 1.05. The summed E-state index contributed by atoms with van der Waals surface area (Å²) in [7, 11) is 0. The maximum absolute atomic E-state index is 5.05. The molecule has 0 saturated heterocycles. The van der Waals surface area contributed by atoms with Gasteiger partial charge in [0.25, 0.3) is 0 Å². The fraction of sp³-hybridized carbons (Fsp3) is 0.318. The van der Waals surface area contributed by atoms with Crippen molar-refractivity contribution in [1.82, 2.24) is 0 Å². The van der Waals surface area contributed by atoms with Gasteiger partial charge in [-0.05, 0) is 62.1 Å². The number of allylic oxidation sites excluding steroid dienone is 1. The molecule has 4 heteroatoms. The lowest BCUT2D eigenvalue weighted by Crippen LogP contribution is -2.25. The molecule has 0 unspecified atom stereocenters. The van der Waals surface area contributed by atoms with Crippen LogP contribution < -0.4 is 4.90 Å². The first-order valence-electron chi connectivity index (χ1n) is 9.33. The van der Waals surface area contributed by atoms with Gasteiger partial charge in [-0.15, -0.1) is 11.8 Å². The Kier molecular flexibility index (Phi) is 5.81. The first-order valence-corrected chi connectivity index (χ1v) is 11.1. The van der Waals surface area contributed by atoms with Crippen LogP contribution in [-0.4, -0.2) is 17.3 Å². The highest BCUT2D eigenvalue weighted by Gasteiger charge is 2.25. The lowest BCUT2D eigenvalue weighted by atomic mass is 10.1. The molecule has 134 valence electrons. The van der Waals surface area contributed by atoms with Crippen molar-refractivity contribution in [3.63, 3.8) is 0 Å². The van der Waals surface area contributed by atoms with Crippen LogP contribution in [0.25, 0.3) is 0 Å². The normalized spacial score (nSPS) is 19.9. The Morgan fingerprint density at radius 3 is 2.46 bits per heavy atom. The van der Waals surface area contributed by atoms with Crippen LogP contribution in [0.5, 0.6) is 0 Å². The number of halogens is 1. The Hall–Kier alpha value is -1.52. The molecule has 4 rings (SSSR count). The number of anilines is 1. The van der Waals surface area contributed by atoms with E-state index in [4.69, 9.17) is 4.99 Å². The molecule has 0 saturated carbocycles. The minimum absolute atomic E-state index is 1.04. The predicted molar refractivity (Wildman–Crippen MR) is 118 cm³/mol. The van der Waals surface area contributed by atoms with Gasteiger partial charge in [0.1, 0.15) is 5.04 Å². The van der Waals surface area contributed by atoms with Gasteiger partial charge in [-0.2, -0.15) is 0 Å². The second-order valence-electron chi connectivity index (χ2n) is 6.71. The number of benzene rings is 2. The molecule has 1 aliphatic carbocycles. The van der Waals surface area contributed by atoms with E-state index in [1.807, 2.05) is 11.8 Å². The van der Waals surface area contributed by atoms with E-state index >= 15 is 0 Å². The summed E-state index contributed by atoms with van der Waals surface area (Å²) in [4.78, 5) is 7.59. The van der Waals surface area contributed by atoms with E-state index in [0.29, 0.717) is 0 Å². The van der Waals surface area contributed by atoms with Crippen LogP contribution in [0.15, 0.2) is 75.3 Å². The number of rotatable bonds is 2. The quantitative estimate of drug-likeness (QED) is 0.515. The van der Waals surface area contributed by atoms with Crippen molar-refractivity contribution in [2.45, 2.75) is 32.1 Å². The molecule has 0 atom stereocenters. The zero-order valence-corrected chi connectivity index (χ0v) is 17.2. The molecule has 0 radical (unpaired) electrons. The molecule has 0 bridgehead atoms. The van der Waals surface area contributed by atoms with Gasteiger partial charge >= 0.3 is 0 Å². The summed E-state index contributed by atoms with van der Waals surface area (Å²) in [6.07, 6.45) is 6.15. The van der Waals surface area contributed by atoms with Crippen LogP contribution in [-0.2, 0) is 0 Å². The van der Waals surface area contributed by atoms with E-state index in [2.05, 4.69) is 75.4 Å². The molecule has 2 nitrogen and oxygen atoms in total. The fourth-order valence-corrected chi connectivity index (χ4v) is 4.97. The largest absolute Gasteiger partial charge is 0.344 e. The van der Waals surface area contributed by atoms with E-state index in [0.717, 1.165) is 35.3 Å². The SMILES string of the molecule is Brc1ccc(N=C2SCCN(c3ccccc3)C3=C2CCCCC3)cc1. The molecular weight excluding hydrogens is 404 g/mol. The Morgan fingerprint density at radius 2 is 1.65 bits per heavy atom. The molecule has 0 aromatic heterocycles. The Morgan fingerprint density at radius 1 is 0.885 bits per heavy atom. The predicted octanol–water partition coefficient (Wildman–Crippen LogP) is 6.95. The van der Waals surface area contributed by atoms with Crippen LogP contribution in [0.2, 0.25) is 0 Å². The molecule has 0 amide bonds. The Balaban J connectivity index is 1.77. The first kappa shape index (κ1) is 17.9. The van der Waals surface area contributed by atoms with Crippen LogP contribution in [0.4, 0.5) is 11.4 Å². The number of para-hydroxylation sites is 1. The molecule has 1 aliphatic heterocycles. The van der Waals surface area contributed by atoms with Gasteiger partial charge in [-0.1, -0.05) is 40.5 Å². The molecule has 1 heterocycles.